The highest BCUT2D eigenvalue weighted by atomic mass is 16.5. The van der Waals surface area contributed by atoms with Crippen molar-refractivity contribution in [1.29, 1.82) is 0 Å². The standard InChI is InChI=1S/C20H18N2O2/c1-13-7-9-16(10-8-13)24-20-17(21)11-15(12-18(20)22)19(23)14-5-3-2-4-6-14/h2-12H,21-22H2,1H3. The van der Waals surface area contributed by atoms with Crippen LogP contribution in [-0.2, 0) is 0 Å². The van der Waals surface area contributed by atoms with Crippen molar-refractivity contribution in [2.75, 3.05) is 11.5 Å². The lowest BCUT2D eigenvalue weighted by molar-refractivity contribution is 0.103. The second-order valence-corrected chi connectivity index (χ2v) is 5.59. The zero-order chi connectivity index (χ0) is 17.1. The van der Waals surface area contributed by atoms with E-state index in [9.17, 15) is 4.79 Å². The average molecular weight is 318 g/mol. The Bertz CT molecular complexity index is 849. The molecule has 4 N–H and O–H groups in total. The minimum absolute atomic E-state index is 0.129. The molecule has 0 unspecified atom stereocenters. The van der Waals surface area contributed by atoms with Crippen LogP contribution >= 0.6 is 0 Å². The Labute approximate surface area is 140 Å². The quantitative estimate of drug-likeness (QED) is 0.558. The molecule has 0 bridgehead atoms. The SMILES string of the molecule is Cc1ccc(Oc2c(N)cc(C(=O)c3ccccc3)cc2N)cc1. The van der Waals surface area contributed by atoms with Crippen LogP contribution in [0.3, 0.4) is 0 Å². The Morgan fingerprint density at radius 3 is 2.00 bits per heavy atom. The van der Waals surface area contributed by atoms with Gasteiger partial charge in [0, 0.05) is 11.1 Å². The number of hydrogen-bond donors (Lipinski definition) is 2. The van der Waals surface area contributed by atoms with Crippen molar-refractivity contribution in [2.24, 2.45) is 0 Å². The molecule has 0 aromatic heterocycles. The van der Waals surface area contributed by atoms with Crippen molar-refractivity contribution >= 4 is 17.2 Å². The van der Waals surface area contributed by atoms with Crippen LogP contribution in [0.2, 0.25) is 0 Å². The molecule has 3 aromatic carbocycles. The first-order valence-electron chi connectivity index (χ1n) is 7.58. The van der Waals surface area contributed by atoms with Crippen molar-refractivity contribution in [1.82, 2.24) is 0 Å². The van der Waals surface area contributed by atoms with Gasteiger partial charge in [-0.2, -0.15) is 0 Å². The van der Waals surface area contributed by atoms with E-state index in [1.165, 1.54) is 0 Å². The van der Waals surface area contributed by atoms with Gasteiger partial charge in [0.15, 0.2) is 11.5 Å². The smallest absolute Gasteiger partial charge is 0.193 e. The number of rotatable bonds is 4. The predicted molar refractivity (Wildman–Crippen MR) is 96.4 cm³/mol. The fraction of sp³-hybridized carbons (Fsp3) is 0.0500. The van der Waals surface area contributed by atoms with Crippen LogP contribution < -0.4 is 16.2 Å². The number of nitrogens with two attached hydrogens (primary N) is 2. The van der Waals surface area contributed by atoms with Gasteiger partial charge in [0.1, 0.15) is 5.75 Å². The molecule has 4 heteroatoms. The van der Waals surface area contributed by atoms with Gasteiger partial charge in [-0.1, -0.05) is 48.0 Å². The number of aryl methyl sites for hydroxylation is 1. The largest absolute Gasteiger partial charge is 0.453 e. The molecule has 0 heterocycles. The Morgan fingerprint density at radius 2 is 1.42 bits per heavy atom. The summed E-state index contributed by atoms with van der Waals surface area (Å²) in [6.45, 7) is 2.00. The van der Waals surface area contributed by atoms with E-state index in [-0.39, 0.29) is 5.78 Å². The maximum Gasteiger partial charge on any atom is 0.193 e. The van der Waals surface area contributed by atoms with E-state index in [1.54, 1.807) is 24.3 Å². The summed E-state index contributed by atoms with van der Waals surface area (Å²) < 4.78 is 5.77. The first-order valence-corrected chi connectivity index (χ1v) is 7.58. The van der Waals surface area contributed by atoms with E-state index in [1.807, 2.05) is 49.4 Å². The molecule has 0 fully saturated rings. The number of nitrogen functional groups attached to an aromatic ring is 2. The Kier molecular flexibility index (Phi) is 4.20. The lowest BCUT2D eigenvalue weighted by Crippen LogP contribution is -2.05. The topological polar surface area (TPSA) is 78.3 Å². The first kappa shape index (κ1) is 15.6. The molecule has 0 saturated carbocycles. The molecule has 0 aliphatic carbocycles. The first-order chi connectivity index (χ1) is 11.5. The summed E-state index contributed by atoms with van der Waals surface area (Å²) in [5, 5.41) is 0. The van der Waals surface area contributed by atoms with Gasteiger partial charge in [0.05, 0.1) is 11.4 Å². The maximum atomic E-state index is 12.5. The Hall–Kier alpha value is -3.27. The molecular formula is C20H18N2O2. The second-order valence-electron chi connectivity index (χ2n) is 5.59. The number of carbonyl (C=O) groups excluding carboxylic acids is 1. The molecule has 0 radical (unpaired) electrons. The molecule has 0 spiro atoms. The zero-order valence-corrected chi connectivity index (χ0v) is 13.3. The lowest BCUT2D eigenvalue weighted by Gasteiger charge is -2.13. The van der Waals surface area contributed by atoms with E-state index in [0.29, 0.717) is 34.0 Å². The molecule has 0 atom stereocenters. The predicted octanol–water partition coefficient (Wildman–Crippen LogP) is 4.18. The number of ketones is 1. The van der Waals surface area contributed by atoms with Crippen LogP contribution in [0, 0.1) is 6.92 Å². The molecule has 24 heavy (non-hydrogen) atoms. The van der Waals surface area contributed by atoms with Gasteiger partial charge >= 0.3 is 0 Å². The third kappa shape index (κ3) is 3.22. The molecule has 120 valence electrons. The summed E-state index contributed by atoms with van der Waals surface area (Å²) >= 11 is 0. The van der Waals surface area contributed by atoms with Crippen LogP contribution in [0.15, 0.2) is 66.7 Å². The van der Waals surface area contributed by atoms with Crippen molar-refractivity contribution in [3.8, 4) is 11.5 Å². The summed E-state index contributed by atoms with van der Waals surface area (Å²) in [5.41, 5.74) is 14.9. The van der Waals surface area contributed by atoms with Gasteiger partial charge in [0.25, 0.3) is 0 Å². The van der Waals surface area contributed by atoms with Crippen LogP contribution in [0.25, 0.3) is 0 Å². The van der Waals surface area contributed by atoms with E-state index < -0.39 is 0 Å². The van der Waals surface area contributed by atoms with E-state index in [4.69, 9.17) is 16.2 Å². The number of hydrogen-bond acceptors (Lipinski definition) is 4. The van der Waals surface area contributed by atoms with Crippen molar-refractivity contribution in [2.45, 2.75) is 6.92 Å². The summed E-state index contributed by atoms with van der Waals surface area (Å²) in [4.78, 5) is 12.5. The van der Waals surface area contributed by atoms with Gasteiger partial charge in [-0.05, 0) is 31.2 Å². The van der Waals surface area contributed by atoms with Crippen LogP contribution in [0.1, 0.15) is 21.5 Å². The summed E-state index contributed by atoms with van der Waals surface area (Å²) in [6.07, 6.45) is 0. The highest BCUT2D eigenvalue weighted by Gasteiger charge is 2.15. The molecule has 0 amide bonds. The summed E-state index contributed by atoms with van der Waals surface area (Å²) in [7, 11) is 0. The Balaban J connectivity index is 1.91. The van der Waals surface area contributed by atoms with Crippen LogP contribution in [-0.4, -0.2) is 5.78 Å². The normalized spacial score (nSPS) is 10.4. The van der Waals surface area contributed by atoms with Crippen molar-refractivity contribution in [3.63, 3.8) is 0 Å². The van der Waals surface area contributed by atoms with Gasteiger partial charge in [0.2, 0.25) is 0 Å². The second kappa shape index (κ2) is 6.46. The highest BCUT2D eigenvalue weighted by Crippen LogP contribution is 2.35. The molecule has 4 nitrogen and oxygen atoms in total. The van der Waals surface area contributed by atoms with Gasteiger partial charge < -0.3 is 16.2 Å². The molecule has 0 aliphatic rings. The third-order valence-corrected chi connectivity index (χ3v) is 3.69. The molecule has 0 saturated heterocycles. The molecule has 3 rings (SSSR count). The number of ether oxygens (including phenoxy) is 1. The van der Waals surface area contributed by atoms with Crippen LogP contribution in [0.4, 0.5) is 11.4 Å². The molecule has 3 aromatic rings. The summed E-state index contributed by atoms with van der Waals surface area (Å²) in [5.74, 6) is 0.875. The van der Waals surface area contributed by atoms with Gasteiger partial charge in [-0.3, -0.25) is 4.79 Å². The highest BCUT2D eigenvalue weighted by molar-refractivity contribution is 6.10. The monoisotopic (exact) mass is 318 g/mol. The maximum absolute atomic E-state index is 12.5. The number of anilines is 2. The van der Waals surface area contributed by atoms with Crippen molar-refractivity contribution < 1.29 is 9.53 Å². The summed E-state index contributed by atoms with van der Waals surface area (Å²) in [6, 6.07) is 19.8. The minimum Gasteiger partial charge on any atom is -0.453 e. The zero-order valence-electron chi connectivity index (χ0n) is 13.3. The molecular weight excluding hydrogens is 300 g/mol. The average Bonchev–Trinajstić information content (AvgIpc) is 2.59. The van der Waals surface area contributed by atoms with Crippen LogP contribution in [0.5, 0.6) is 11.5 Å². The van der Waals surface area contributed by atoms with E-state index >= 15 is 0 Å². The fourth-order valence-corrected chi connectivity index (χ4v) is 2.40. The van der Waals surface area contributed by atoms with Gasteiger partial charge in [-0.15, -0.1) is 0 Å². The lowest BCUT2D eigenvalue weighted by atomic mass is 10.0. The third-order valence-electron chi connectivity index (χ3n) is 3.69. The van der Waals surface area contributed by atoms with E-state index in [2.05, 4.69) is 0 Å². The van der Waals surface area contributed by atoms with Crippen molar-refractivity contribution in [3.05, 3.63) is 83.4 Å². The van der Waals surface area contributed by atoms with E-state index in [0.717, 1.165) is 5.56 Å². The Morgan fingerprint density at radius 1 is 0.833 bits per heavy atom. The number of benzene rings is 3. The number of carbonyl (C=O) groups is 1. The minimum atomic E-state index is -0.129. The molecule has 0 aliphatic heterocycles. The fourth-order valence-electron chi connectivity index (χ4n) is 2.40. The van der Waals surface area contributed by atoms with Gasteiger partial charge in [-0.25, -0.2) is 0 Å².